The lowest BCUT2D eigenvalue weighted by atomic mass is 9.97. The number of aromatic nitrogens is 2. The summed E-state index contributed by atoms with van der Waals surface area (Å²) >= 11 is 0. The van der Waals surface area contributed by atoms with Gasteiger partial charge < -0.3 is 19.7 Å². The van der Waals surface area contributed by atoms with E-state index in [0.717, 1.165) is 30.2 Å². The summed E-state index contributed by atoms with van der Waals surface area (Å²) in [5.41, 5.74) is 1.07. The lowest BCUT2D eigenvalue weighted by Crippen LogP contribution is -2.31. The molecule has 0 bridgehead atoms. The standard InChI is InChI=1S/C24H22FN3O3/c1-28-8-4-6-15(28)13-31-24-23(30)26-22-12-20(25)19(11-21(22)27-24)18-10-16(29)9-14-5-2-3-7-17(14)18/h2-3,5,7,9-12,15,29H,4,6,8,13H2,1H3,(H,26,30). The zero-order valence-electron chi connectivity index (χ0n) is 17.1. The molecule has 6 nitrogen and oxygen atoms in total. The number of likely N-dealkylation sites (N-methyl/N-ethyl adjacent to an activating group) is 1. The summed E-state index contributed by atoms with van der Waals surface area (Å²) in [5.74, 6) is -0.486. The Labute approximate surface area is 177 Å². The number of hydrogen-bond acceptors (Lipinski definition) is 5. The van der Waals surface area contributed by atoms with Crippen LogP contribution in [0.25, 0.3) is 32.9 Å². The number of phenolic OH excluding ortho intramolecular Hbond substituents is 1. The van der Waals surface area contributed by atoms with Gasteiger partial charge in [0.05, 0.1) is 11.0 Å². The van der Waals surface area contributed by atoms with E-state index in [0.29, 0.717) is 28.8 Å². The van der Waals surface area contributed by atoms with Crippen LogP contribution in [0, 0.1) is 5.82 Å². The van der Waals surface area contributed by atoms with Crippen molar-refractivity contribution in [1.29, 1.82) is 0 Å². The summed E-state index contributed by atoms with van der Waals surface area (Å²) in [4.78, 5) is 21.6. The molecule has 4 aromatic rings. The SMILES string of the molecule is CN1CCCC1COc1nc2cc(-c3cc(O)cc4ccccc34)c(F)cc2[nH]c1=O. The predicted molar refractivity (Wildman–Crippen MR) is 118 cm³/mol. The molecule has 3 aromatic carbocycles. The highest BCUT2D eigenvalue weighted by Gasteiger charge is 2.22. The number of rotatable bonds is 4. The highest BCUT2D eigenvalue weighted by Crippen LogP contribution is 2.35. The first-order valence-corrected chi connectivity index (χ1v) is 10.3. The smallest absolute Gasteiger partial charge is 0.311 e. The minimum atomic E-state index is -0.512. The molecule has 1 aliphatic rings. The fourth-order valence-electron chi connectivity index (χ4n) is 4.28. The predicted octanol–water partition coefficient (Wildman–Crippen LogP) is 4.06. The van der Waals surface area contributed by atoms with Crippen LogP contribution in [-0.2, 0) is 0 Å². The Morgan fingerprint density at radius 3 is 2.87 bits per heavy atom. The molecule has 1 aliphatic heterocycles. The zero-order chi connectivity index (χ0) is 21.5. The first kappa shape index (κ1) is 19.5. The molecule has 0 aliphatic carbocycles. The summed E-state index contributed by atoms with van der Waals surface area (Å²) in [7, 11) is 2.04. The van der Waals surface area contributed by atoms with Crippen LogP contribution in [0.5, 0.6) is 11.6 Å². The Morgan fingerprint density at radius 2 is 2.06 bits per heavy atom. The Bertz CT molecular complexity index is 1350. The summed E-state index contributed by atoms with van der Waals surface area (Å²) in [6.45, 7) is 1.39. The molecule has 2 heterocycles. The van der Waals surface area contributed by atoms with Crippen molar-refractivity contribution >= 4 is 21.8 Å². The average molecular weight is 419 g/mol. The Morgan fingerprint density at radius 1 is 1.23 bits per heavy atom. The molecule has 7 heteroatoms. The molecule has 0 amide bonds. The maximum absolute atomic E-state index is 15.0. The van der Waals surface area contributed by atoms with Crippen LogP contribution >= 0.6 is 0 Å². The second-order valence-corrected chi connectivity index (χ2v) is 8.02. The van der Waals surface area contributed by atoms with E-state index in [1.54, 1.807) is 12.1 Å². The van der Waals surface area contributed by atoms with Crippen molar-refractivity contribution in [3.05, 3.63) is 64.7 Å². The van der Waals surface area contributed by atoms with Crippen molar-refractivity contribution in [1.82, 2.24) is 14.9 Å². The van der Waals surface area contributed by atoms with Crippen LogP contribution in [-0.4, -0.2) is 46.2 Å². The van der Waals surface area contributed by atoms with Crippen LogP contribution in [0.15, 0.2) is 53.3 Å². The second-order valence-electron chi connectivity index (χ2n) is 8.02. The van der Waals surface area contributed by atoms with Gasteiger partial charge in [-0.3, -0.25) is 4.79 Å². The first-order chi connectivity index (χ1) is 15.0. The maximum atomic E-state index is 15.0. The van der Waals surface area contributed by atoms with Crippen molar-refractivity contribution in [3.8, 4) is 22.8 Å². The molecular weight excluding hydrogens is 397 g/mol. The van der Waals surface area contributed by atoms with Crippen LogP contribution in [0.1, 0.15) is 12.8 Å². The maximum Gasteiger partial charge on any atom is 0.311 e. The fraction of sp³-hybridized carbons (Fsp3) is 0.250. The van der Waals surface area contributed by atoms with E-state index >= 15 is 4.39 Å². The van der Waals surface area contributed by atoms with Crippen molar-refractivity contribution in [2.75, 3.05) is 20.2 Å². The molecule has 1 fully saturated rings. The van der Waals surface area contributed by atoms with Gasteiger partial charge in [0, 0.05) is 17.7 Å². The topological polar surface area (TPSA) is 78.5 Å². The van der Waals surface area contributed by atoms with E-state index in [-0.39, 0.29) is 17.7 Å². The number of aromatic hydroxyl groups is 1. The largest absolute Gasteiger partial charge is 0.508 e. The minimum absolute atomic E-state index is 0.0221. The van der Waals surface area contributed by atoms with Crippen LogP contribution in [0.3, 0.4) is 0 Å². The van der Waals surface area contributed by atoms with Gasteiger partial charge >= 0.3 is 5.56 Å². The normalized spacial score (nSPS) is 16.9. The number of fused-ring (bicyclic) bond motifs is 2. The van der Waals surface area contributed by atoms with Crippen LogP contribution in [0.2, 0.25) is 0 Å². The summed E-state index contributed by atoms with van der Waals surface area (Å²) in [5, 5.41) is 11.8. The van der Waals surface area contributed by atoms with Gasteiger partial charge in [0.25, 0.3) is 5.88 Å². The monoisotopic (exact) mass is 419 g/mol. The third-order valence-electron chi connectivity index (χ3n) is 5.97. The van der Waals surface area contributed by atoms with Gasteiger partial charge in [0.2, 0.25) is 0 Å². The number of hydrogen-bond donors (Lipinski definition) is 2. The van der Waals surface area contributed by atoms with Gasteiger partial charge in [-0.1, -0.05) is 24.3 Å². The van der Waals surface area contributed by atoms with Gasteiger partial charge in [-0.05, 0) is 61.0 Å². The van der Waals surface area contributed by atoms with E-state index in [1.807, 2.05) is 31.3 Å². The number of phenols is 1. The number of nitrogens with zero attached hydrogens (tertiary/aromatic N) is 2. The minimum Gasteiger partial charge on any atom is -0.508 e. The van der Waals surface area contributed by atoms with Gasteiger partial charge in [0.1, 0.15) is 18.2 Å². The van der Waals surface area contributed by atoms with Crippen LogP contribution < -0.4 is 10.3 Å². The number of H-pyrrole nitrogens is 1. The fourth-order valence-corrected chi connectivity index (χ4v) is 4.28. The highest BCUT2D eigenvalue weighted by molar-refractivity contribution is 5.99. The molecule has 31 heavy (non-hydrogen) atoms. The van der Waals surface area contributed by atoms with Crippen molar-refractivity contribution in [2.24, 2.45) is 0 Å². The Balaban J connectivity index is 1.58. The number of nitrogens with one attached hydrogen (secondary N) is 1. The van der Waals surface area contributed by atoms with E-state index < -0.39 is 11.4 Å². The van der Waals surface area contributed by atoms with E-state index in [1.165, 1.54) is 12.1 Å². The Hall–Kier alpha value is -3.45. The highest BCUT2D eigenvalue weighted by atomic mass is 19.1. The van der Waals surface area contributed by atoms with Crippen LogP contribution in [0.4, 0.5) is 4.39 Å². The Kier molecular flexibility index (Phi) is 4.82. The molecule has 0 spiro atoms. The third kappa shape index (κ3) is 3.61. The summed E-state index contributed by atoms with van der Waals surface area (Å²) in [6, 6.07) is 13.7. The molecule has 1 saturated heterocycles. The molecule has 2 N–H and O–H groups in total. The van der Waals surface area contributed by atoms with Gasteiger partial charge in [-0.15, -0.1) is 0 Å². The van der Waals surface area contributed by atoms with Crippen molar-refractivity contribution in [2.45, 2.75) is 18.9 Å². The van der Waals surface area contributed by atoms with Crippen molar-refractivity contribution < 1.29 is 14.2 Å². The molecule has 5 rings (SSSR count). The second kappa shape index (κ2) is 7.67. The van der Waals surface area contributed by atoms with E-state index in [9.17, 15) is 9.90 Å². The number of likely N-dealkylation sites (tertiary alicyclic amines) is 1. The molecule has 1 aromatic heterocycles. The molecule has 158 valence electrons. The van der Waals surface area contributed by atoms with Gasteiger partial charge in [-0.25, -0.2) is 9.37 Å². The summed E-state index contributed by atoms with van der Waals surface area (Å²) < 4.78 is 20.8. The van der Waals surface area contributed by atoms with E-state index in [4.69, 9.17) is 4.74 Å². The number of halogens is 1. The third-order valence-corrected chi connectivity index (χ3v) is 5.97. The molecular formula is C24H22FN3O3. The summed E-state index contributed by atoms with van der Waals surface area (Å²) in [6.07, 6.45) is 2.12. The average Bonchev–Trinajstić information content (AvgIpc) is 3.16. The molecule has 1 atom stereocenters. The van der Waals surface area contributed by atoms with Gasteiger partial charge in [-0.2, -0.15) is 0 Å². The van der Waals surface area contributed by atoms with E-state index in [2.05, 4.69) is 14.9 Å². The quantitative estimate of drug-likeness (QED) is 0.522. The molecule has 1 unspecified atom stereocenters. The first-order valence-electron chi connectivity index (χ1n) is 10.3. The van der Waals surface area contributed by atoms with Crippen molar-refractivity contribution in [3.63, 3.8) is 0 Å². The zero-order valence-corrected chi connectivity index (χ0v) is 17.1. The molecule has 0 radical (unpaired) electrons. The lowest BCUT2D eigenvalue weighted by molar-refractivity contribution is 0.192. The number of aromatic amines is 1. The lowest BCUT2D eigenvalue weighted by Gasteiger charge is -2.19. The van der Waals surface area contributed by atoms with Gasteiger partial charge in [0.15, 0.2) is 0 Å². The number of benzene rings is 3. The number of ether oxygens (including phenoxy) is 1. The molecule has 0 saturated carbocycles.